The molecular weight excluding hydrogens is 1000 g/mol. The molecule has 0 aliphatic carbocycles. The molecule has 2 saturated heterocycles. The van der Waals surface area contributed by atoms with Gasteiger partial charge >= 0.3 is 0 Å². The highest BCUT2D eigenvalue weighted by Gasteiger charge is 2.28. The Labute approximate surface area is 460 Å². The highest BCUT2D eigenvalue weighted by molar-refractivity contribution is 7.80. The molecule has 0 aromatic heterocycles. The topological polar surface area (TPSA) is 172 Å². The van der Waals surface area contributed by atoms with Crippen LogP contribution >= 0.6 is 24.4 Å². The van der Waals surface area contributed by atoms with Crippen molar-refractivity contribution in [1.82, 2.24) is 21.3 Å². The van der Waals surface area contributed by atoms with Crippen molar-refractivity contribution in [3.8, 4) is 34.5 Å². The first-order chi connectivity index (χ1) is 36.9. The SMILES string of the molecule is CCCCCCCCCCCCOc1cc(/C=C/c2cc(OC)c(C=C3C(=O)NC(=S)NC3=O)cc2OC)c(OCCCCCCCCCCCC)cc1/C=C/c1cc(OC)c(C=C2C(=O)NC(=S)NC2=O)cc1OC. The van der Waals surface area contributed by atoms with Gasteiger partial charge < -0.3 is 28.4 Å². The highest BCUT2D eigenvalue weighted by Crippen LogP contribution is 2.37. The van der Waals surface area contributed by atoms with Gasteiger partial charge in [-0.15, -0.1) is 0 Å². The zero-order valence-electron chi connectivity index (χ0n) is 45.4. The van der Waals surface area contributed by atoms with Crippen LogP contribution in [0.1, 0.15) is 176 Å². The van der Waals surface area contributed by atoms with Gasteiger partial charge in [0.25, 0.3) is 23.6 Å². The van der Waals surface area contributed by atoms with Crippen LogP contribution in [-0.2, 0) is 19.2 Å². The molecule has 2 aliphatic rings. The summed E-state index contributed by atoms with van der Waals surface area (Å²) >= 11 is 9.97. The summed E-state index contributed by atoms with van der Waals surface area (Å²) in [4.78, 5) is 51.0. The van der Waals surface area contributed by atoms with E-state index < -0.39 is 23.6 Å². The number of hydrogen-bond acceptors (Lipinski definition) is 12. The summed E-state index contributed by atoms with van der Waals surface area (Å²) in [5.74, 6) is 0.586. The van der Waals surface area contributed by atoms with Crippen LogP contribution in [0.25, 0.3) is 36.5 Å². The lowest BCUT2D eigenvalue weighted by Gasteiger charge is -2.18. The summed E-state index contributed by atoms with van der Waals surface area (Å²) in [5.41, 5.74) is 3.55. The number of benzene rings is 3. The van der Waals surface area contributed by atoms with Gasteiger partial charge in [0.15, 0.2) is 10.2 Å². The first-order valence-corrected chi connectivity index (χ1v) is 27.8. The number of rotatable bonds is 34. The Balaban J connectivity index is 1.50. The Kier molecular flexibility index (Phi) is 26.1. The number of carbonyl (C=O) groups excluding carboxylic acids is 4. The second kappa shape index (κ2) is 32.8. The second-order valence-electron chi connectivity index (χ2n) is 18.9. The molecule has 14 nitrogen and oxygen atoms in total. The minimum absolute atomic E-state index is 0.0571. The zero-order valence-corrected chi connectivity index (χ0v) is 47.0. The summed E-state index contributed by atoms with van der Waals surface area (Å²) in [7, 11) is 6.14. The highest BCUT2D eigenvalue weighted by atomic mass is 32.1. The first-order valence-electron chi connectivity index (χ1n) is 27.0. The third-order valence-corrected chi connectivity index (χ3v) is 13.6. The van der Waals surface area contributed by atoms with Gasteiger partial charge in [0.2, 0.25) is 0 Å². The number of methoxy groups -OCH3 is 4. The maximum absolute atomic E-state index is 12.7. The summed E-state index contributed by atoms with van der Waals surface area (Å²) in [5, 5.41) is 9.76. The summed E-state index contributed by atoms with van der Waals surface area (Å²) in [6.45, 7) is 5.51. The molecule has 4 N–H and O–H groups in total. The van der Waals surface area contributed by atoms with Gasteiger partial charge in [0.05, 0.1) is 41.7 Å². The lowest BCUT2D eigenvalue weighted by Crippen LogP contribution is -2.51. The van der Waals surface area contributed by atoms with Crippen molar-refractivity contribution in [2.24, 2.45) is 0 Å². The Morgan fingerprint density at radius 1 is 0.355 bits per heavy atom. The maximum atomic E-state index is 12.7. The minimum atomic E-state index is -0.618. The van der Waals surface area contributed by atoms with E-state index in [9.17, 15) is 19.2 Å². The van der Waals surface area contributed by atoms with Crippen LogP contribution < -0.4 is 49.7 Å². The van der Waals surface area contributed by atoms with Crippen LogP contribution in [0.3, 0.4) is 0 Å². The van der Waals surface area contributed by atoms with Crippen LogP contribution in [0.2, 0.25) is 0 Å². The molecule has 0 unspecified atom stereocenters. The Morgan fingerprint density at radius 3 is 0.882 bits per heavy atom. The average molecular weight is 1080 g/mol. The van der Waals surface area contributed by atoms with Crippen LogP contribution in [0.4, 0.5) is 0 Å². The van der Waals surface area contributed by atoms with Gasteiger partial charge in [-0.2, -0.15) is 0 Å². The normalized spacial score (nSPS) is 13.7. The van der Waals surface area contributed by atoms with Crippen LogP contribution in [-0.4, -0.2) is 75.5 Å². The molecule has 0 atom stereocenters. The molecule has 0 bridgehead atoms. The number of hydrogen-bond donors (Lipinski definition) is 4. The van der Waals surface area contributed by atoms with Crippen LogP contribution in [0.15, 0.2) is 47.5 Å². The summed E-state index contributed by atoms with van der Waals surface area (Å²) in [6, 6.07) is 11.0. The van der Waals surface area contributed by atoms with Gasteiger partial charge in [0, 0.05) is 33.4 Å². The number of nitrogens with one attached hydrogen (secondary N) is 4. The van der Waals surface area contributed by atoms with E-state index in [4.69, 9.17) is 52.9 Å². The van der Waals surface area contributed by atoms with Crippen molar-refractivity contribution in [1.29, 1.82) is 0 Å². The fraction of sp³-hybridized carbons (Fsp3) is 0.467. The Hall–Kier alpha value is -6.52. The van der Waals surface area contributed by atoms with E-state index in [1.54, 1.807) is 38.5 Å². The van der Waals surface area contributed by atoms with Gasteiger partial charge in [0.1, 0.15) is 45.6 Å². The van der Waals surface area contributed by atoms with E-state index in [1.165, 1.54) is 116 Å². The number of ether oxygens (including phenoxy) is 6. The fourth-order valence-corrected chi connectivity index (χ4v) is 9.27. The van der Waals surface area contributed by atoms with Gasteiger partial charge in [-0.05, 0) is 85.8 Å². The minimum Gasteiger partial charge on any atom is -0.496 e. The molecule has 0 radical (unpaired) electrons. The van der Waals surface area contributed by atoms with Gasteiger partial charge in [-0.1, -0.05) is 154 Å². The smallest absolute Gasteiger partial charge is 0.263 e. The van der Waals surface area contributed by atoms with Gasteiger partial charge in [-0.3, -0.25) is 40.4 Å². The van der Waals surface area contributed by atoms with E-state index in [0.717, 1.165) is 49.7 Å². The Morgan fingerprint density at radius 2 is 0.592 bits per heavy atom. The molecular formula is C60H78N4O10S2. The third-order valence-electron chi connectivity index (χ3n) is 13.2. The Bertz CT molecular complexity index is 2400. The van der Waals surface area contributed by atoms with Crippen molar-refractivity contribution in [3.05, 3.63) is 80.9 Å². The molecule has 2 fully saturated rings. The van der Waals surface area contributed by atoms with Crippen molar-refractivity contribution in [3.63, 3.8) is 0 Å². The molecule has 16 heteroatoms. The number of thiocarbonyl (C=S) groups is 2. The molecule has 2 heterocycles. The van der Waals surface area contributed by atoms with Crippen molar-refractivity contribution in [2.75, 3.05) is 41.7 Å². The van der Waals surface area contributed by atoms with Crippen molar-refractivity contribution in [2.45, 2.75) is 142 Å². The number of amides is 4. The largest absolute Gasteiger partial charge is 0.496 e. The van der Waals surface area contributed by atoms with Crippen LogP contribution in [0.5, 0.6) is 34.5 Å². The molecule has 0 saturated carbocycles. The van der Waals surface area contributed by atoms with Crippen molar-refractivity contribution < 1.29 is 47.6 Å². The summed E-state index contributed by atoms with van der Waals surface area (Å²) < 4.78 is 36.6. The standard InChI is InChI=1S/C60H78N4O10S2/c1-7-9-11-13-15-17-19-21-23-25-31-73-53-37-44(30-28-42-36-52(72-6)46(40-50(42)70-4)34-48-57(67)63-60(76)64-58(48)68)54(74-32-26-24-22-20-18-16-14-12-10-8-2)38-43(53)29-27-41-35-51(71-5)45(39-49(41)69-3)33-47-55(65)61-59(75)62-56(47)66/h27-30,33-40H,7-26,31-32H2,1-6H3,(H2,61,62,65,66,75)(H2,63,64,67,68,76)/b29-27+,30-28+. The summed E-state index contributed by atoms with van der Waals surface area (Å²) in [6.07, 6.45) is 34.6. The molecule has 76 heavy (non-hydrogen) atoms. The van der Waals surface area contributed by atoms with Crippen LogP contribution in [0, 0.1) is 0 Å². The second-order valence-corrected chi connectivity index (χ2v) is 19.7. The van der Waals surface area contributed by atoms with E-state index in [-0.39, 0.29) is 21.4 Å². The lowest BCUT2D eigenvalue weighted by atomic mass is 10.0. The average Bonchev–Trinajstić information content (AvgIpc) is 3.41. The lowest BCUT2D eigenvalue weighted by molar-refractivity contribution is -0.124. The maximum Gasteiger partial charge on any atom is 0.263 e. The molecule has 4 amide bonds. The quantitative estimate of drug-likeness (QED) is 0.0147. The molecule has 3 aromatic carbocycles. The number of unbranched alkanes of at least 4 members (excludes halogenated alkanes) is 18. The molecule has 5 rings (SSSR count). The van der Waals surface area contributed by atoms with Crippen molar-refractivity contribution >= 4 is 94.7 Å². The van der Waals surface area contributed by atoms with E-state index >= 15 is 0 Å². The molecule has 2 aliphatic heterocycles. The van der Waals surface area contributed by atoms with E-state index in [1.807, 2.05) is 36.4 Å². The predicted octanol–water partition coefficient (Wildman–Crippen LogP) is 12.5. The number of carbonyl (C=O) groups is 4. The third kappa shape index (κ3) is 18.9. The monoisotopic (exact) mass is 1080 g/mol. The van der Waals surface area contributed by atoms with E-state index in [2.05, 4.69) is 35.1 Å². The van der Waals surface area contributed by atoms with Gasteiger partial charge in [-0.25, -0.2) is 0 Å². The molecule has 410 valence electrons. The molecule has 3 aromatic rings. The predicted molar refractivity (Wildman–Crippen MR) is 312 cm³/mol. The van der Waals surface area contributed by atoms with E-state index in [0.29, 0.717) is 70.0 Å². The zero-order chi connectivity index (χ0) is 54.7. The fourth-order valence-electron chi connectivity index (χ4n) is 8.90. The molecule has 0 spiro atoms. The first kappa shape index (κ1) is 60.3.